The van der Waals surface area contributed by atoms with Crippen LogP contribution >= 0.6 is 11.6 Å². The molecular weight excluding hydrogens is 302 g/mol. The van der Waals surface area contributed by atoms with Gasteiger partial charge in [-0.2, -0.15) is 0 Å². The van der Waals surface area contributed by atoms with Gasteiger partial charge in [-0.15, -0.1) is 0 Å². The van der Waals surface area contributed by atoms with Gasteiger partial charge in [0.05, 0.1) is 9.95 Å². The summed E-state index contributed by atoms with van der Waals surface area (Å²) in [6, 6.07) is 12.0. The predicted molar refractivity (Wildman–Crippen MR) is 86.6 cm³/mol. The Labute approximate surface area is 133 Å². The number of carbonyl (C=O) groups is 1. The lowest BCUT2D eigenvalue weighted by Crippen LogP contribution is -2.02. The van der Waals surface area contributed by atoms with E-state index in [2.05, 4.69) is 0 Å². The first-order valence-electron chi connectivity index (χ1n) is 7.00. The van der Waals surface area contributed by atoms with Gasteiger partial charge in [0, 0.05) is 23.6 Å². The van der Waals surface area contributed by atoms with Crippen molar-refractivity contribution in [2.24, 2.45) is 0 Å². The van der Waals surface area contributed by atoms with E-state index < -0.39 is 4.92 Å². The van der Waals surface area contributed by atoms with Gasteiger partial charge in [-0.3, -0.25) is 14.9 Å². The number of rotatable bonds is 6. The van der Waals surface area contributed by atoms with Crippen molar-refractivity contribution in [2.45, 2.75) is 26.2 Å². The normalized spacial score (nSPS) is 10.5. The first-order chi connectivity index (χ1) is 10.5. The lowest BCUT2D eigenvalue weighted by atomic mass is 10.0. The highest BCUT2D eigenvalue weighted by Crippen LogP contribution is 2.27. The summed E-state index contributed by atoms with van der Waals surface area (Å²) in [5.41, 5.74) is 2.27. The lowest BCUT2D eigenvalue weighted by Gasteiger charge is -2.05. The van der Waals surface area contributed by atoms with Gasteiger partial charge in [0.2, 0.25) is 0 Å². The Morgan fingerprint density at radius 3 is 2.50 bits per heavy atom. The summed E-state index contributed by atoms with van der Waals surface area (Å²) in [5, 5.41) is 11.4. The summed E-state index contributed by atoms with van der Waals surface area (Å²) in [7, 11) is 0. The molecule has 22 heavy (non-hydrogen) atoms. The van der Waals surface area contributed by atoms with E-state index in [1.54, 1.807) is 24.3 Å². The Morgan fingerprint density at radius 1 is 1.18 bits per heavy atom. The number of halogens is 1. The van der Waals surface area contributed by atoms with Crippen LogP contribution in [0, 0.1) is 17.0 Å². The Hall–Kier alpha value is -2.20. The van der Waals surface area contributed by atoms with E-state index in [4.69, 9.17) is 11.6 Å². The Kier molecular flexibility index (Phi) is 5.28. The topological polar surface area (TPSA) is 60.2 Å². The average molecular weight is 318 g/mol. The van der Waals surface area contributed by atoms with E-state index >= 15 is 0 Å². The molecule has 5 heteroatoms. The highest BCUT2D eigenvalue weighted by molar-refractivity contribution is 6.31. The molecular formula is C17H16ClNO3. The van der Waals surface area contributed by atoms with Crippen LogP contribution in [0.1, 0.15) is 34.3 Å². The molecule has 0 radical (unpaired) electrons. The van der Waals surface area contributed by atoms with E-state index in [9.17, 15) is 14.9 Å². The highest BCUT2D eigenvalue weighted by Gasteiger charge is 2.16. The van der Waals surface area contributed by atoms with Crippen LogP contribution in [0.3, 0.4) is 0 Å². The van der Waals surface area contributed by atoms with Crippen molar-refractivity contribution in [3.8, 4) is 0 Å². The number of nitro groups is 1. The standard InChI is InChI=1S/C17H16ClNO3/c1-12-8-10-13(11-9-12)17(20)7-2-4-14-15(18)5-3-6-16(14)19(21)22/h3,5-6,8-11H,2,4,7H2,1H3. The number of benzene rings is 2. The number of aryl methyl sites for hydroxylation is 1. The van der Waals surface area contributed by atoms with Crippen molar-refractivity contribution < 1.29 is 9.72 Å². The molecule has 0 N–H and O–H groups in total. The molecule has 0 heterocycles. The second kappa shape index (κ2) is 7.18. The summed E-state index contributed by atoms with van der Waals surface area (Å²) in [6.07, 6.45) is 1.27. The molecule has 114 valence electrons. The van der Waals surface area contributed by atoms with Gasteiger partial charge in [0.15, 0.2) is 5.78 Å². The fourth-order valence-corrected chi connectivity index (χ4v) is 2.54. The van der Waals surface area contributed by atoms with Crippen LogP contribution in [0.5, 0.6) is 0 Å². The highest BCUT2D eigenvalue weighted by atomic mass is 35.5. The first kappa shape index (κ1) is 16.2. The molecule has 0 aliphatic rings. The molecule has 2 rings (SSSR count). The van der Waals surface area contributed by atoms with Crippen molar-refractivity contribution in [1.29, 1.82) is 0 Å². The minimum Gasteiger partial charge on any atom is -0.294 e. The molecule has 2 aromatic rings. The molecule has 0 amide bonds. The van der Waals surface area contributed by atoms with Gasteiger partial charge in [-0.25, -0.2) is 0 Å². The number of ketones is 1. The van der Waals surface area contributed by atoms with Gasteiger partial charge >= 0.3 is 0 Å². The van der Waals surface area contributed by atoms with Crippen LogP contribution in [-0.4, -0.2) is 10.7 Å². The zero-order chi connectivity index (χ0) is 16.1. The monoisotopic (exact) mass is 317 g/mol. The third-order valence-electron chi connectivity index (χ3n) is 3.49. The van der Waals surface area contributed by atoms with E-state index in [1.165, 1.54) is 6.07 Å². The quantitative estimate of drug-likeness (QED) is 0.438. The second-order valence-electron chi connectivity index (χ2n) is 5.14. The van der Waals surface area contributed by atoms with Crippen LogP contribution in [0.2, 0.25) is 5.02 Å². The third-order valence-corrected chi connectivity index (χ3v) is 3.85. The van der Waals surface area contributed by atoms with Crippen molar-refractivity contribution in [3.63, 3.8) is 0 Å². The molecule has 2 aromatic carbocycles. The number of hydrogen-bond acceptors (Lipinski definition) is 3. The molecule has 0 unspecified atom stereocenters. The number of hydrogen-bond donors (Lipinski definition) is 0. The smallest absolute Gasteiger partial charge is 0.274 e. The SMILES string of the molecule is Cc1ccc(C(=O)CCCc2c(Cl)cccc2[N+](=O)[O-])cc1. The number of nitro benzene ring substituents is 1. The molecule has 0 bridgehead atoms. The lowest BCUT2D eigenvalue weighted by molar-refractivity contribution is -0.385. The van der Waals surface area contributed by atoms with Gasteiger partial charge < -0.3 is 0 Å². The maximum absolute atomic E-state index is 12.1. The second-order valence-corrected chi connectivity index (χ2v) is 5.54. The van der Waals surface area contributed by atoms with Gasteiger partial charge in [0.1, 0.15) is 0 Å². The van der Waals surface area contributed by atoms with E-state index in [-0.39, 0.29) is 11.5 Å². The van der Waals surface area contributed by atoms with Crippen molar-refractivity contribution in [1.82, 2.24) is 0 Å². The minimum absolute atomic E-state index is 0.00952. The van der Waals surface area contributed by atoms with Crippen LogP contribution in [0.4, 0.5) is 5.69 Å². The van der Waals surface area contributed by atoms with Crippen molar-refractivity contribution in [3.05, 3.63) is 74.3 Å². The molecule has 0 aliphatic heterocycles. The molecule has 0 spiro atoms. The van der Waals surface area contributed by atoms with Gasteiger partial charge in [-0.05, 0) is 25.8 Å². The van der Waals surface area contributed by atoms with Crippen LogP contribution in [0.15, 0.2) is 42.5 Å². The Balaban J connectivity index is 2.01. The molecule has 0 saturated carbocycles. The van der Waals surface area contributed by atoms with Gasteiger partial charge in [0.25, 0.3) is 5.69 Å². The summed E-state index contributed by atoms with van der Waals surface area (Å²) in [6.45, 7) is 1.96. The minimum atomic E-state index is -0.441. The summed E-state index contributed by atoms with van der Waals surface area (Å²) in [4.78, 5) is 22.6. The molecule has 4 nitrogen and oxygen atoms in total. The van der Waals surface area contributed by atoms with E-state index in [1.807, 2.05) is 19.1 Å². The zero-order valence-electron chi connectivity index (χ0n) is 12.2. The third kappa shape index (κ3) is 3.92. The summed E-state index contributed by atoms with van der Waals surface area (Å²) in [5.74, 6) is 0.0368. The average Bonchev–Trinajstić information content (AvgIpc) is 2.49. The molecule has 0 fully saturated rings. The maximum atomic E-state index is 12.1. The number of carbonyl (C=O) groups excluding carboxylic acids is 1. The Bertz CT molecular complexity index is 696. The summed E-state index contributed by atoms with van der Waals surface area (Å²) < 4.78 is 0. The molecule has 0 atom stereocenters. The molecule has 0 aliphatic carbocycles. The number of Topliss-reactive ketones (excluding diaryl/α,β-unsaturated/α-hetero) is 1. The molecule has 0 saturated heterocycles. The van der Waals surface area contributed by atoms with Crippen LogP contribution < -0.4 is 0 Å². The van der Waals surface area contributed by atoms with Crippen molar-refractivity contribution in [2.75, 3.05) is 0 Å². The zero-order valence-corrected chi connectivity index (χ0v) is 13.0. The predicted octanol–water partition coefficient (Wildman–Crippen LogP) is 4.76. The van der Waals surface area contributed by atoms with Crippen molar-refractivity contribution >= 4 is 23.1 Å². The van der Waals surface area contributed by atoms with E-state index in [0.29, 0.717) is 35.4 Å². The first-order valence-corrected chi connectivity index (χ1v) is 7.38. The Morgan fingerprint density at radius 2 is 1.86 bits per heavy atom. The molecule has 0 aromatic heterocycles. The summed E-state index contributed by atoms with van der Waals surface area (Å²) >= 11 is 6.03. The largest absolute Gasteiger partial charge is 0.294 e. The maximum Gasteiger partial charge on any atom is 0.274 e. The van der Waals surface area contributed by atoms with Crippen LogP contribution in [0.25, 0.3) is 0 Å². The van der Waals surface area contributed by atoms with Gasteiger partial charge in [-0.1, -0.05) is 47.5 Å². The fourth-order valence-electron chi connectivity index (χ4n) is 2.28. The van der Waals surface area contributed by atoms with E-state index in [0.717, 1.165) is 5.56 Å². The number of nitrogens with zero attached hydrogens (tertiary/aromatic N) is 1. The van der Waals surface area contributed by atoms with Crippen LogP contribution in [-0.2, 0) is 6.42 Å². The fraction of sp³-hybridized carbons (Fsp3) is 0.235.